The molecule has 0 aromatic rings. The van der Waals surface area contributed by atoms with Crippen molar-refractivity contribution in [1.29, 1.82) is 0 Å². The van der Waals surface area contributed by atoms with Crippen LogP contribution in [0.3, 0.4) is 0 Å². The average Bonchev–Trinajstić information content (AvgIpc) is 2.21. The van der Waals surface area contributed by atoms with Crippen LogP contribution in [0.4, 0.5) is 0 Å². The predicted molar refractivity (Wildman–Crippen MR) is 59.5 cm³/mol. The lowest BCUT2D eigenvalue weighted by Crippen LogP contribution is -2.49. The molecule has 0 bridgehead atoms. The van der Waals surface area contributed by atoms with E-state index in [4.69, 9.17) is 0 Å². The minimum Gasteiger partial charge on any atom is -0.388 e. The standard InChI is InChI=1S/C11H20N2O2/c1-3-4-10(14)12-9-11(15)5-7-13(2)8-6-11/h3-4,15H,5-9H2,1-2H3,(H,12,14)/b4-3+. The van der Waals surface area contributed by atoms with Gasteiger partial charge in [0.15, 0.2) is 0 Å². The zero-order valence-electron chi connectivity index (χ0n) is 9.49. The summed E-state index contributed by atoms with van der Waals surface area (Å²) in [4.78, 5) is 13.4. The average molecular weight is 212 g/mol. The molecule has 0 aliphatic carbocycles. The summed E-state index contributed by atoms with van der Waals surface area (Å²) in [6.07, 6.45) is 4.60. The van der Waals surface area contributed by atoms with Crippen LogP contribution in [0.1, 0.15) is 19.8 Å². The van der Waals surface area contributed by atoms with Crippen molar-refractivity contribution in [2.45, 2.75) is 25.4 Å². The number of carbonyl (C=O) groups is 1. The van der Waals surface area contributed by atoms with Gasteiger partial charge in [-0.15, -0.1) is 0 Å². The van der Waals surface area contributed by atoms with Crippen LogP contribution >= 0.6 is 0 Å². The van der Waals surface area contributed by atoms with E-state index in [-0.39, 0.29) is 5.91 Å². The van der Waals surface area contributed by atoms with Crippen molar-refractivity contribution in [1.82, 2.24) is 10.2 Å². The molecule has 1 aliphatic rings. The van der Waals surface area contributed by atoms with Crippen molar-refractivity contribution in [2.24, 2.45) is 0 Å². The number of carbonyl (C=O) groups excluding carboxylic acids is 1. The van der Waals surface area contributed by atoms with Gasteiger partial charge < -0.3 is 15.3 Å². The molecule has 4 nitrogen and oxygen atoms in total. The number of rotatable bonds is 3. The molecule has 0 aromatic carbocycles. The summed E-state index contributed by atoms with van der Waals surface area (Å²) in [5, 5.41) is 12.9. The summed E-state index contributed by atoms with van der Waals surface area (Å²) in [7, 11) is 2.04. The van der Waals surface area contributed by atoms with E-state index in [9.17, 15) is 9.90 Å². The van der Waals surface area contributed by atoms with Crippen molar-refractivity contribution in [3.63, 3.8) is 0 Å². The van der Waals surface area contributed by atoms with Crippen LogP contribution in [0.15, 0.2) is 12.2 Å². The summed E-state index contributed by atoms with van der Waals surface area (Å²) >= 11 is 0. The number of aliphatic hydroxyl groups is 1. The minimum atomic E-state index is -0.719. The minimum absolute atomic E-state index is 0.134. The Labute approximate surface area is 91.0 Å². The Morgan fingerprint density at radius 1 is 1.53 bits per heavy atom. The van der Waals surface area contributed by atoms with Crippen molar-refractivity contribution in [3.05, 3.63) is 12.2 Å². The van der Waals surface area contributed by atoms with E-state index >= 15 is 0 Å². The fraction of sp³-hybridized carbons (Fsp3) is 0.727. The molecule has 2 N–H and O–H groups in total. The number of piperidine rings is 1. The molecule has 15 heavy (non-hydrogen) atoms. The maximum atomic E-state index is 11.2. The first-order chi connectivity index (χ1) is 7.06. The summed E-state index contributed by atoms with van der Waals surface area (Å²) in [6, 6.07) is 0. The first kappa shape index (κ1) is 12.2. The molecular weight excluding hydrogens is 192 g/mol. The lowest BCUT2D eigenvalue weighted by atomic mass is 9.91. The van der Waals surface area contributed by atoms with E-state index in [1.54, 1.807) is 13.0 Å². The summed E-state index contributed by atoms with van der Waals surface area (Å²) in [5.74, 6) is -0.134. The topological polar surface area (TPSA) is 52.6 Å². The van der Waals surface area contributed by atoms with E-state index in [1.807, 2.05) is 7.05 Å². The van der Waals surface area contributed by atoms with Crippen molar-refractivity contribution in [3.8, 4) is 0 Å². The third-order valence-electron chi connectivity index (χ3n) is 2.83. The van der Waals surface area contributed by atoms with Crippen molar-refractivity contribution >= 4 is 5.91 Å². The van der Waals surface area contributed by atoms with Gasteiger partial charge in [0.2, 0.25) is 5.91 Å². The third kappa shape index (κ3) is 4.01. The Hall–Kier alpha value is -0.870. The van der Waals surface area contributed by atoms with Crippen molar-refractivity contribution in [2.75, 3.05) is 26.7 Å². The SMILES string of the molecule is C/C=C/C(=O)NCC1(O)CCN(C)CC1. The van der Waals surface area contributed by atoms with Crippen LogP contribution in [0.25, 0.3) is 0 Å². The number of nitrogens with one attached hydrogen (secondary N) is 1. The first-order valence-electron chi connectivity index (χ1n) is 5.37. The summed E-state index contributed by atoms with van der Waals surface area (Å²) in [5.41, 5.74) is -0.719. The molecule has 0 saturated carbocycles. The molecule has 1 aliphatic heterocycles. The normalized spacial score (nSPS) is 21.8. The van der Waals surface area contributed by atoms with Gasteiger partial charge in [-0.05, 0) is 32.9 Å². The van der Waals surface area contributed by atoms with E-state index in [0.717, 1.165) is 25.9 Å². The second-order valence-corrected chi connectivity index (χ2v) is 4.25. The predicted octanol–water partition coefficient (Wildman–Crippen LogP) is 0.135. The number of nitrogens with zero attached hydrogens (tertiary/aromatic N) is 1. The molecule has 1 heterocycles. The quantitative estimate of drug-likeness (QED) is 0.654. The Morgan fingerprint density at radius 3 is 2.67 bits per heavy atom. The number of allylic oxidation sites excluding steroid dienone is 1. The molecule has 0 aromatic heterocycles. The van der Waals surface area contributed by atoms with Crippen LogP contribution in [0, 0.1) is 0 Å². The fourth-order valence-corrected chi connectivity index (χ4v) is 1.67. The smallest absolute Gasteiger partial charge is 0.243 e. The number of amides is 1. The Balaban J connectivity index is 2.34. The van der Waals surface area contributed by atoms with Gasteiger partial charge in [-0.3, -0.25) is 4.79 Å². The molecule has 4 heteroatoms. The molecule has 0 spiro atoms. The summed E-state index contributed by atoms with van der Waals surface area (Å²) in [6.45, 7) is 3.92. The van der Waals surface area contributed by atoms with E-state index in [0.29, 0.717) is 6.54 Å². The van der Waals surface area contributed by atoms with Gasteiger partial charge in [-0.25, -0.2) is 0 Å². The second kappa shape index (κ2) is 5.28. The molecule has 1 amide bonds. The molecule has 0 atom stereocenters. The van der Waals surface area contributed by atoms with Crippen LogP contribution in [0.5, 0.6) is 0 Å². The zero-order valence-corrected chi connectivity index (χ0v) is 9.49. The third-order valence-corrected chi connectivity index (χ3v) is 2.83. The molecule has 0 unspecified atom stereocenters. The molecule has 1 rings (SSSR count). The highest BCUT2D eigenvalue weighted by molar-refractivity contribution is 5.87. The monoisotopic (exact) mass is 212 g/mol. The lowest BCUT2D eigenvalue weighted by Gasteiger charge is -2.36. The maximum Gasteiger partial charge on any atom is 0.243 e. The molecule has 1 saturated heterocycles. The zero-order chi connectivity index (χ0) is 11.3. The van der Waals surface area contributed by atoms with E-state index in [1.165, 1.54) is 6.08 Å². The van der Waals surface area contributed by atoms with Crippen LogP contribution in [-0.2, 0) is 4.79 Å². The van der Waals surface area contributed by atoms with E-state index in [2.05, 4.69) is 10.2 Å². The van der Waals surface area contributed by atoms with Crippen LogP contribution in [-0.4, -0.2) is 48.2 Å². The molecule has 86 valence electrons. The highest BCUT2D eigenvalue weighted by atomic mass is 16.3. The number of hydrogen-bond acceptors (Lipinski definition) is 3. The Morgan fingerprint density at radius 2 is 2.13 bits per heavy atom. The van der Waals surface area contributed by atoms with Crippen molar-refractivity contribution < 1.29 is 9.90 Å². The van der Waals surface area contributed by atoms with Gasteiger partial charge in [0.1, 0.15) is 0 Å². The number of likely N-dealkylation sites (tertiary alicyclic amines) is 1. The molecule has 1 fully saturated rings. The van der Waals surface area contributed by atoms with Gasteiger partial charge in [-0.1, -0.05) is 6.08 Å². The molecule has 0 radical (unpaired) electrons. The first-order valence-corrected chi connectivity index (χ1v) is 5.37. The largest absolute Gasteiger partial charge is 0.388 e. The number of hydrogen-bond donors (Lipinski definition) is 2. The second-order valence-electron chi connectivity index (χ2n) is 4.25. The van der Waals surface area contributed by atoms with Gasteiger partial charge in [-0.2, -0.15) is 0 Å². The van der Waals surface area contributed by atoms with E-state index < -0.39 is 5.60 Å². The van der Waals surface area contributed by atoms with Gasteiger partial charge in [0.05, 0.1) is 5.60 Å². The van der Waals surface area contributed by atoms with Crippen LogP contribution < -0.4 is 5.32 Å². The Bertz CT molecular complexity index is 243. The summed E-state index contributed by atoms with van der Waals surface area (Å²) < 4.78 is 0. The van der Waals surface area contributed by atoms with Gasteiger partial charge in [0.25, 0.3) is 0 Å². The highest BCUT2D eigenvalue weighted by Gasteiger charge is 2.31. The maximum absolute atomic E-state index is 11.2. The lowest BCUT2D eigenvalue weighted by molar-refractivity contribution is -0.118. The van der Waals surface area contributed by atoms with Gasteiger partial charge >= 0.3 is 0 Å². The Kier molecular flexibility index (Phi) is 4.29. The fourth-order valence-electron chi connectivity index (χ4n) is 1.67. The highest BCUT2D eigenvalue weighted by Crippen LogP contribution is 2.20. The van der Waals surface area contributed by atoms with Crippen LogP contribution in [0.2, 0.25) is 0 Å². The molecular formula is C11H20N2O2. The van der Waals surface area contributed by atoms with Gasteiger partial charge in [0, 0.05) is 19.6 Å².